The predicted molar refractivity (Wildman–Crippen MR) is 94.9 cm³/mol. The molecule has 2 aromatic carbocycles. The maximum atomic E-state index is 13.7. The maximum Gasteiger partial charge on any atom is 0.254 e. The van der Waals surface area contributed by atoms with Gasteiger partial charge in [-0.05, 0) is 43.5 Å². The summed E-state index contributed by atoms with van der Waals surface area (Å²) in [6.07, 6.45) is 0.800. The van der Waals surface area contributed by atoms with Crippen LogP contribution in [0.15, 0.2) is 42.5 Å². The van der Waals surface area contributed by atoms with Crippen LogP contribution in [-0.2, 0) is 11.2 Å². The van der Waals surface area contributed by atoms with Gasteiger partial charge in [-0.15, -0.1) is 0 Å². The molecule has 1 fully saturated rings. The van der Waals surface area contributed by atoms with Crippen LogP contribution in [0.4, 0.5) is 8.78 Å². The fraction of sp³-hybridized carbons (Fsp3) is 0.333. The second-order valence-corrected chi connectivity index (χ2v) is 6.72. The lowest BCUT2D eigenvalue weighted by Crippen LogP contribution is -2.40. The van der Waals surface area contributed by atoms with Crippen molar-refractivity contribution in [3.8, 4) is 0 Å². The summed E-state index contributed by atoms with van der Waals surface area (Å²) < 4.78 is 27.5. The number of hydrogen-bond acceptors (Lipinski definition) is 2. The number of ketones is 1. The highest BCUT2D eigenvalue weighted by molar-refractivity contribution is 5.95. The summed E-state index contributed by atoms with van der Waals surface area (Å²) in [5.41, 5.74) is 1.42. The smallest absolute Gasteiger partial charge is 0.254 e. The molecule has 3 nitrogen and oxygen atoms in total. The third-order valence-corrected chi connectivity index (χ3v) is 5.03. The summed E-state index contributed by atoms with van der Waals surface area (Å²) in [4.78, 5) is 26.8. The summed E-state index contributed by atoms with van der Waals surface area (Å²) in [7, 11) is 0. The molecule has 0 saturated carbocycles. The molecule has 3 rings (SSSR count). The summed E-state index contributed by atoms with van der Waals surface area (Å²) in [6.45, 7) is 2.85. The Kier molecular flexibility index (Phi) is 5.45. The van der Waals surface area contributed by atoms with Crippen molar-refractivity contribution in [3.63, 3.8) is 0 Å². The first kappa shape index (κ1) is 18.2. The molecular formula is C21H21F2NO2. The van der Waals surface area contributed by atoms with Crippen LogP contribution in [0.25, 0.3) is 0 Å². The predicted octanol–water partition coefficient (Wildman–Crippen LogP) is 3.94. The summed E-state index contributed by atoms with van der Waals surface area (Å²) in [6, 6.07) is 11.0. The van der Waals surface area contributed by atoms with E-state index in [0.29, 0.717) is 31.5 Å². The zero-order chi connectivity index (χ0) is 18.7. The first-order valence-electron chi connectivity index (χ1n) is 8.78. The number of amides is 1. The number of benzene rings is 2. The molecule has 0 aromatic heterocycles. The Balaban J connectivity index is 1.61. The molecular weight excluding hydrogens is 336 g/mol. The van der Waals surface area contributed by atoms with Gasteiger partial charge in [0.05, 0.1) is 0 Å². The van der Waals surface area contributed by atoms with Crippen LogP contribution in [0.3, 0.4) is 0 Å². The molecule has 2 aromatic rings. The normalized spacial score (nSPS) is 15.1. The van der Waals surface area contributed by atoms with E-state index in [1.807, 2.05) is 25.1 Å². The van der Waals surface area contributed by atoms with E-state index in [1.165, 1.54) is 6.07 Å². The SMILES string of the molecule is Cc1ccccc1C(=O)N1CCC(C(=O)Cc2c(F)cccc2F)CC1. The fourth-order valence-corrected chi connectivity index (χ4v) is 3.41. The molecule has 0 unspecified atom stereocenters. The first-order chi connectivity index (χ1) is 12.5. The molecule has 5 heteroatoms. The molecule has 1 aliphatic rings. The molecule has 1 heterocycles. The van der Waals surface area contributed by atoms with Crippen molar-refractivity contribution in [3.05, 3.63) is 70.8 Å². The topological polar surface area (TPSA) is 37.4 Å². The minimum atomic E-state index is -0.689. The molecule has 0 atom stereocenters. The lowest BCUT2D eigenvalue weighted by atomic mass is 9.88. The molecule has 1 saturated heterocycles. The van der Waals surface area contributed by atoms with Gasteiger partial charge in [0, 0.05) is 36.6 Å². The van der Waals surface area contributed by atoms with Gasteiger partial charge >= 0.3 is 0 Å². The van der Waals surface area contributed by atoms with Crippen LogP contribution in [0, 0.1) is 24.5 Å². The number of likely N-dealkylation sites (tertiary alicyclic amines) is 1. The standard InChI is InChI=1S/C21H21F2NO2/c1-14-5-2-3-6-16(14)21(26)24-11-9-15(10-12-24)20(25)13-17-18(22)7-4-8-19(17)23/h2-8,15H,9-13H2,1H3. The van der Waals surface area contributed by atoms with Gasteiger partial charge in [0.1, 0.15) is 17.4 Å². The quantitative estimate of drug-likeness (QED) is 0.831. The lowest BCUT2D eigenvalue weighted by Gasteiger charge is -2.31. The average Bonchev–Trinajstić information content (AvgIpc) is 2.65. The zero-order valence-electron chi connectivity index (χ0n) is 14.7. The van der Waals surface area contributed by atoms with Crippen LogP contribution in [0.1, 0.15) is 34.3 Å². The van der Waals surface area contributed by atoms with Crippen molar-refractivity contribution in [2.24, 2.45) is 5.92 Å². The van der Waals surface area contributed by atoms with Crippen LogP contribution < -0.4 is 0 Å². The monoisotopic (exact) mass is 357 g/mol. The van der Waals surface area contributed by atoms with Crippen molar-refractivity contribution in [2.45, 2.75) is 26.2 Å². The highest BCUT2D eigenvalue weighted by Crippen LogP contribution is 2.23. The molecule has 0 N–H and O–H groups in total. The molecule has 26 heavy (non-hydrogen) atoms. The van der Waals surface area contributed by atoms with Crippen LogP contribution >= 0.6 is 0 Å². The van der Waals surface area contributed by atoms with Gasteiger partial charge < -0.3 is 4.90 Å². The zero-order valence-corrected chi connectivity index (χ0v) is 14.7. The van der Waals surface area contributed by atoms with E-state index in [1.54, 1.807) is 11.0 Å². The van der Waals surface area contributed by atoms with Crippen molar-refractivity contribution in [1.82, 2.24) is 4.90 Å². The van der Waals surface area contributed by atoms with Crippen LogP contribution in [0.2, 0.25) is 0 Å². The third-order valence-electron chi connectivity index (χ3n) is 5.03. The summed E-state index contributed by atoms with van der Waals surface area (Å²) in [5.74, 6) is -1.85. The van der Waals surface area contributed by atoms with Crippen molar-refractivity contribution < 1.29 is 18.4 Å². The van der Waals surface area contributed by atoms with Gasteiger partial charge in [-0.3, -0.25) is 9.59 Å². The number of nitrogens with zero attached hydrogens (tertiary/aromatic N) is 1. The van der Waals surface area contributed by atoms with E-state index in [0.717, 1.165) is 17.7 Å². The molecule has 1 aliphatic heterocycles. The average molecular weight is 357 g/mol. The molecule has 0 bridgehead atoms. The molecule has 136 valence electrons. The maximum absolute atomic E-state index is 13.7. The van der Waals surface area contributed by atoms with Gasteiger partial charge in [-0.1, -0.05) is 24.3 Å². The Hall–Kier alpha value is -2.56. The number of carbonyl (C=O) groups is 2. The van der Waals surface area contributed by atoms with Crippen molar-refractivity contribution >= 4 is 11.7 Å². The first-order valence-corrected chi connectivity index (χ1v) is 8.78. The lowest BCUT2D eigenvalue weighted by molar-refractivity contribution is -0.123. The van der Waals surface area contributed by atoms with E-state index < -0.39 is 11.6 Å². The van der Waals surface area contributed by atoms with E-state index >= 15 is 0 Å². The molecule has 1 amide bonds. The second kappa shape index (κ2) is 7.77. The van der Waals surface area contributed by atoms with E-state index in [4.69, 9.17) is 0 Å². The number of halogens is 2. The summed E-state index contributed by atoms with van der Waals surface area (Å²) in [5, 5.41) is 0. The molecule has 0 aliphatic carbocycles. The van der Waals surface area contributed by atoms with E-state index in [-0.39, 0.29) is 29.6 Å². The number of carbonyl (C=O) groups excluding carboxylic acids is 2. The highest BCUT2D eigenvalue weighted by Gasteiger charge is 2.29. The Morgan fingerprint density at radius 2 is 1.62 bits per heavy atom. The second-order valence-electron chi connectivity index (χ2n) is 6.72. The number of hydrogen-bond donors (Lipinski definition) is 0. The minimum Gasteiger partial charge on any atom is -0.339 e. The molecule has 0 spiro atoms. The number of aryl methyl sites for hydroxylation is 1. The number of piperidine rings is 1. The van der Waals surface area contributed by atoms with Gasteiger partial charge in [0.25, 0.3) is 5.91 Å². The Labute approximate surface area is 151 Å². The number of Topliss-reactive ketones (excluding diaryl/α,β-unsaturated/α-hetero) is 1. The summed E-state index contributed by atoms with van der Waals surface area (Å²) >= 11 is 0. The van der Waals surface area contributed by atoms with Crippen molar-refractivity contribution in [1.29, 1.82) is 0 Å². The minimum absolute atomic E-state index is 0.0332. The van der Waals surface area contributed by atoms with Gasteiger partial charge in [-0.2, -0.15) is 0 Å². The Bertz CT molecular complexity index is 806. The van der Waals surface area contributed by atoms with Gasteiger partial charge in [0.15, 0.2) is 0 Å². The molecule has 0 radical (unpaired) electrons. The van der Waals surface area contributed by atoms with Gasteiger partial charge in [0.2, 0.25) is 0 Å². The van der Waals surface area contributed by atoms with Crippen LogP contribution in [-0.4, -0.2) is 29.7 Å². The Morgan fingerprint density at radius 1 is 1.00 bits per heavy atom. The van der Waals surface area contributed by atoms with Gasteiger partial charge in [-0.25, -0.2) is 8.78 Å². The largest absolute Gasteiger partial charge is 0.339 e. The van der Waals surface area contributed by atoms with E-state index in [2.05, 4.69) is 0 Å². The van der Waals surface area contributed by atoms with Crippen molar-refractivity contribution in [2.75, 3.05) is 13.1 Å². The fourth-order valence-electron chi connectivity index (χ4n) is 3.41. The third kappa shape index (κ3) is 3.82. The Morgan fingerprint density at radius 3 is 2.23 bits per heavy atom. The number of rotatable bonds is 4. The highest BCUT2D eigenvalue weighted by atomic mass is 19.1. The van der Waals surface area contributed by atoms with Crippen LogP contribution in [0.5, 0.6) is 0 Å². The van der Waals surface area contributed by atoms with E-state index in [9.17, 15) is 18.4 Å².